The Morgan fingerprint density at radius 1 is 1.00 bits per heavy atom. The van der Waals surface area contributed by atoms with Crippen molar-refractivity contribution in [2.45, 2.75) is 51.0 Å². The zero-order chi connectivity index (χ0) is 10.5. The van der Waals surface area contributed by atoms with E-state index >= 15 is 0 Å². The van der Waals surface area contributed by atoms with Gasteiger partial charge in [-0.05, 0) is 58.2 Å². The first-order valence-electron chi connectivity index (χ1n) is 6.77. The highest BCUT2D eigenvalue weighted by Crippen LogP contribution is 2.26. The van der Waals surface area contributed by atoms with Gasteiger partial charge in [0.25, 0.3) is 0 Å². The van der Waals surface area contributed by atoms with Gasteiger partial charge in [-0.1, -0.05) is 12.8 Å². The predicted molar refractivity (Wildman–Crippen MR) is 72.3 cm³/mol. The Hall–Kier alpha value is 0.210. The van der Waals surface area contributed by atoms with E-state index in [0.717, 1.165) is 12.0 Å². The maximum atomic E-state index is 3.50. The first-order chi connectivity index (χ1) is 7.36. The summed E-state index contributed by atoms with van der Waals surface area (Å²) in [6, 6.07) is 0.848. The number of rotatable bonds is 3. The van der Waals surface area contributed by atoms with Crippen LogP contribution in [-0.2, 0) is 0 Å². The summed E-state index contributed by atoms with van der Waals surface area (Å²) in [5.41, 5.74) is 0. The molecule has 0 bridgehead atoms. The van der Waals surface area contributed by atoms with Crippen molar-refractivity contribution >= 4 is 12.4 Å². The molecule has 1 unspecified atom stereocenters. The Morgan fingerprint density at radius 2 is 1.75 bits per heavy atom. The van der Waals surface area contributed by atoms with Crippen molar-refractivity contribution in [3.8, 4) is 0 Å². The molecule has 1 saturated heterocycles. The molecule has 0 aromatic rings. The fourth-order valence-corrected chi connectivity index (χ4v) is 3.19. The van der Waals surface area contributed by atoms with Crippen molar-refractivity contribution in [3.05, 3.63) is 0 Å². The third kappa shape index (κ3) is 4.23. The minimum Gasteiger partial charge on any atom is -0.317 e. The molecule has 96 valence electrons. The van der Waals surface area contributed by atoms with Crippen molar-refractivity contribution in [3.63, 3.8) is 0 Å². The van der Waals surface area contributed by atoms with Crippen LogP contribution in [0.5, 0.6) is 0 Å². The first kappa shape index (κ1) is 14.3. The maximum absolute atomic E-state index is 3.50. The lowest BCUT2D eigenvalue weighted by atomic mass is 10.0. The molecule has 0 aromatic heterocycles. The molecule has 1 heterocycles. The molecule has 2 nitrogen and oxygen atoms in total. The Labute approximate surface area is 107 Å². The molecular weight excluding hydrogens is 220 g/mol. The van der Waals surface area contributed by atoms with Gasteiger partial charge in [0.15, 0.2) is 0 Å². The predicted octanol–water partition coefficient (Wildman–Crippen LogP) is 2.67. The topological polar surface area (TPSA) is 15.3 Å². The van der Waals surface area contributed by atoms with Gasteiger partial charge in [-0.25, -0.2) is 0 Å². The Balaban J connectivity index is 0.00000128. The van der Waals surface area contributed by atoms with E-state index < -0.39 is 0 Å². The van der Waals surface area contributed by atoms with Gasteiger partial charge in [-0.15, -0.1) is 12.4 Å². The highest BCUT2D eigenvalue weighted by atomic mass is 35.5. The number of nitrogens with zero attached hydrogens (tertiary/aromatic N) is 1. The van der Waals surface area contributed by atoms with E-state index in [1.807, 2.05) is 0 Å². The van der Waals surface area contributed by atoms with Crippen LogP contribution in [0.2, 0.25) is 0 Å². The van der Waals surface area contributed by atoms with Crippen LogP contribution < -0.4 is 5.32 Å². The van der Waals surface area contributed by atoms with Crippen molar-refractivity contribution < 1.29 is 0 Å². The molecule has 0 radical (unpaired) electrons. The molecule has 0 spiro atoms. The van der Waals surface area contributed by atoms with Gasteiger partial charge in [-0.2, -0.15) is 0 Å². The molecule has 3 heteroatoms. The normalized spacial score (nSPS) is 27.8. The van der Waals surface area contributed by atoms with Crippen molar-refractivity contribution in [1.82, 2.24) is 10.2 Å². The fraction of sp³-hybridized carbons (Fsp3) is 1.00. The van der Waals surface area contributed by atoms with Gasteiger partial charge in [0, 0.05) is 12.6 Å². The molecule has 1 N–H and O–H groups in total. The smallest absolute Gasteiger partial charge is 0.0105 e. The van der Waals surface area contributed by atoms with Crippen molar-refractivity contribution in [2.75, 3.05) is 26.7 Å². The molecule has 2 aliphatic rings. The highest BCUT2D eigenvalue weighted by molar-refractivity contribution is 5.85. The molecule has 0 aromatic carbocycles. The first-order valence-corrected chi connectivity index (χ1v) is 6.77. The van der Waals surface area contributed by atoms with Gasteiger partial charge in [-0.3, -0.25) is 0 Å². The molecular formula is C13H27ClN2. The van der Waals surface area contributed by atoms with E-state index in [1.54, 1.807) is 0 Å². The van der Waals surface area contributed by atoms with Crippen molar-refractivity contribution in [1.29, 1.82) is 0 Å². The van der Waals surface area contributed by atoms with E-state index in [4.69, 9.17) is 0 Å². The largest absolute Gasteiger partial charge is 0.317 e. The molecule has 16 heavy (non-hydrogen) atoms. The second kappa shape index (κ2) is 7.52. The third-order valence-corrected chi connectivity index (χ3v) is 4.19. The summed E-state index contributed by atoms with van der Waals surface area (Å²) in [4.78, 5) is 2.64. The van der Waals surface area contributed by atoms with Crippen LogP contribution in [0.3, 0.4) is 0 Å². The third-order valence-electron chi connectivity index (χ3n) is 4.19. The number of hydrogen-bond acceptors (Lipinski definition) is 2. The minimum atomic E-state index is 0. The van der Waals surface area contributed by atoms with Crippen LogP contribution in [0.4, 0.5) is 0 Å². The second-order valence-corrected chi connectivity index (χ2v) is 5.42. The molecule has 1 saturated carbocycles. The van der Waals surface area contributed by atoms with Crippen molar-refractivity contribution in [2.24, 2.45) is 5.92 Å². The fourth-order valence-electron chi connectivity index (χ4n) is 3.19. The van der Waals surface area contributed by atoms with Crippen LogP contribution in [0, 0.1) is 5.92 Å². The Bertz CT molecular complexity index is 173. The summed E-state index contributed by atoms with van der Waals surface area (Å²) in [6.07, 6.45) is 10.0. The lowest BCUT2D eigenvalue weighted by Gasteiger charge is -2.29. The molecule has 2 rings (SSSR count). The number of nitrogens with one attached hydrogen (secondary N) is 1. The molecule has 1 atom stereocenters. The van der Waals surface area contributed by atoms with Crippen LogP contribution >= 0.6 is 12.4 Å². The van der Waals surface area contributed by atoms with Gasteiger partial charge >= 0.3 is 0 Å². The van der Waals surface area contributed by atoms with E-state index in [9.17, 15) is 0 Å². The summed E-state index contributed by atoms with van der Waals surface area (Å²) >= 11 is 0. The molecule has 0 amide bonds. The Kier molecular flexibility index (Phi) is 6.71. The SMILES string of the molecule is CN(CC1CCCC1)C1CCCNCC1.Cl. The zero-order valence-corrected chi connectivity index (χ0v) is 11.4. The molecule has 2 fully saturated rings. The monoisotopic (exact) mass is 246 g/mol. The van der Waals surface area contributed by atoms with Crippen LogP contribution in [-0.4, -0.2) is 37.6 Å². The lowest BCUT2D eigenvalue weighted by Crippen LogP contribution is -2.35. The standard InChI is InChI=1S/C13H26N2.ClH/c1-15(11-12-5-2-3-6-12)13-7-4-9-14-10-8-13;/h12-14H,2-11H2,1H3;1H. The van der Waals surface area contributed by atoms with E-state index in [2.05, 4.69) is 17.3 Å². The maximum Gasteiger partial charge on any atom is 0.0105 e. The van der Waals surface area contributed by atoms with Gasteiger partial charge in [0.2, 0.25) is 0 Å². The summed E-state index contributed by atoms with van der Waals surface area (Å²) in [6.45, 7) is 3.80. The van der Waals surface area contributed by atoms with Crippen LogP contribution in [0.15, 0.2) is 0 Å². The molecule has 1 aliphatic carbocycles. The summed E-state index contributed by atoms with van der Waals surface area (Å²) < 4.78 is 0. The molecule has 1 aliphatic heterocycles. The lowest BCUT2D eigenvalue weighted by molar-refractivity contribution is 0.193. The quantitative estimate of drug-likeness (QED) is 0.824. The summed E-state index contributed by atoms with van der Waals surface area (Å²) in [5, 5.41) is 3.50. The average Bonchev–Trinajstić information content (AvgIpc) is 2.58. The van der Waals surface area contributed by atoms with Crippen LogP contribution in [0.1, 0.15) is 44.9 Å². The van der Waals surface area contributed by atoms with E-state index in [-0.39, 0.29) is 12.4 Å². The number of halogens is 1. The second-order valence-electron chi connectivity index (χ2n) is 5.42. The Morgan fingerprint density at radius 3 is 2.50 bits per heavy atom. The highest BCUT2D eigenvalue weighted by Gasteiger charge is 2.21. The zero-order valence-electron chi connectivity index (χ0n) is 10.6. The number of hydrogen-bond donors (Lipinski definition) is 1. The van der Waals surface area contributed by atoms with Crippen LogP contribution in [0.25, 0.3) is 0 Å². The van der Waals surface area contributed by atoms with E-state index in [0.29, 0.717) is 0 Å². The minimum absolute atomic E-state index is 0. The summed E-state index contributed by atoms with van der Waals surface area (Å²) in [5.74, 6) is 1.01. The van der Waals surface area contributed by atoms with Gasteiger partial charge < -0.3 is 10.2 Å². The van der Waals surface area contributed by atoms with Gasteiger partial charge in [0.05, 0.1) is 0 Å². The summed E-state index contributed by atoms with van der Waals surface area (Å²) in [7, 11) is 2.34. The average molecular weight is 247 g/mol. The van der Waals surface area contributed by atoms with E-state index in [1.165, 1.54) is 64.6 Å². The van der Waals surface area contributed by atoms with Gasteiger partial charge in [0.1, 0.15) is 0 Å².